The molecule has 0 spiro atoms. The van der Waals surface area contributed by atoms with Gasteiger partial charge < -0.3 is 9.47 Å². The van der Waals surface area contributed by atoms with Gasteiger partial charge in [0.15, 0.2) is 0 Å². The van der Waals surface area contributed by atoms with E-state index in [0.717, 1.165) is 38.5 Å². The van der Waals surface area contributed by atoms with Gasteiger partial charge in [0.05, 0.1) is 13.2 Å². The Morgan fingerprint density at radius 2 is 1.06 bits per heavy atom. The lowest BCUT2D eigenvalue weighted by atomic mass is 10.0. The lowest BCUT2D eigenvalue weighted by Gasteiger charge is -2.27. The number of unbranched alkanes of at least 4 members (excludes halogenated alkanes) is 13. The molecule has 0 aliphatic carbocycles. The van der Waals surface area contributed by atoms with E-state index in [1.54, 1.807) is 7.05 Å². The van der Waals surface area contributed by atoms with Crippen LogP contribution in [0.15, 0.2) is 0 Å². The number of hydrogen-bond acceptors (Lipinski definition) is 4. The van der Waals surface area contributed by atoms with Gasteiger partial charge in [0, 0.05) is 7.05 Å². The minimum absolute atomic E-state index is 0.286. The number of esters is 1. The predicted octanol–water partition coefficient (Wildman–Crippen LogP) is 7.90. The second-order valence-corrected chi connectivity index (χ2v) is 9.63. The summed E-state index contributed by atoms with van der Waals surface area (Å²) in [6.07, 6.45) is 18.3. The molecule has 0 unspecified atom stereocenters. The van der Waals surface area contributed by atoms with Crippen molar-refractivity contribution in [3.63, 3.8) is 0 Å². The van der Waals surface area contributed by atoms with Gasteiger partial charge in [-0.25, -0.2) is 9.59 Å². The Hall–Kier alpha value is -1.26. The van der Waals surface area contributed by atoms with Crippen molar-refractivity contribution >= 4 is 12.1 Å². The Balaban J connectivity index is 4.06. The average molecular weight is 456 g/mol. The first-order chi connectivity index (χ1) is 15.4. The fourth-order valence-electron chi connectivity index (χ4n) is 3.81. The molecule has 0 heterocycles. The number of carbonyl (C=O) groups excluding carboxylic acids is 2. The Bertz CT molecular complexity index is 453. The maximum absolute atomic E-state index is 12.7. The largest absolute Gasteiger partial charge is 0.464 e. The van der Waals surface area contributed by atoms with E-state index < -0.39 is 12.1 Å². The topological polar surface area (TPSA) is 55.8 Å². The van der Waals surface area contributed by atoms with Crippen molar-refractivity contribution in [3.05, 3.63) is 0 Å². The van der Waals surface area contributed by atoms with Gasteiger partial charge in [0.25, 0.3) is 0 Å². The van der Waals surface area contributed by atoms with Crippen LogP contribution in [0.25, 0.3) is 0 Å². The van der Waals surface area contributed by atoms with E-state index in [0.29, 0.717) is 19.6 Å². The molecule has 0 aromatic rings. The van der Waals surface area contributed by atoms with Crippen LogP contribution in [-0.4, -0.2) is 43.3 Å². The average Bonchev–Trinajstić information content (AvgIpc) is 2.77. The van der Waals surface area contributed by atoms with Crippen molar-refractivity contribution < 1.29 is 19.1 Å². The molecule has 5 nitrogen and oxygen atoms in total. The SMILES string of the molecule is CCCCCCCCCCCCCOC(=O)[C@H](CC(C)C)N(C)C(=O)OCCCCCC. The lowest BCUT2D eigenvalue weighted by Crippen LogP contribution is -2.44. The van der Waals surface area contributed by atoms with Crippen LogP contribution in [0.1, 0.15) is 130 Å². The van der Waals surface area contributed by atoms with Gasteiger partial charge in [-0.15, -0.1) is 0 Å². The molecule has 1 amide bonds. The van der Waals surface area contributed by atoms with E-state index in [4.69, 9.17) is 9.47 Å². The van der Waals surface area contributed by atoms with Crippen LogP contribution < -0.4 is 0 Å². The Morgan fingerprint density at radius 1 is 0.656 bits per heavy atom. The number of likely N-dealkylation sites (N-methyl/N-ethyl adjacent to an activating group) is 1. The van der Waals surface area contributed by atoms with Crippen LogP contribution in [0.2, 0.25) is 0 Å². The number of rotatable bonds is 21. The Kier molecular flexibility index (Phi) is 20.7. The predicted molar refractivity (Wildman–Crippen MR) is 134 cm³/mol. The highest BCUT2D eigenvalue weighted by Crippen LogP contribution is 2.15. The fraction of sp³-hybridized carbons (Fsp3) is 0.926. The molecule has 0 saturated heterocycles. The van der Waals surface area contributed by atoms with Gasteiger partial charge in [-0.1, -0.05) is 111 Å². The smallest absolute Gasteiger partial charge is 0.410 e. The number of hydrogen-bond donors (Lipinski definition) is 0. The van der Waals surface area contributed by atoms with Crippen LogP contribution >= 0.6 is 0 Å². The monoisotopic (exact) mass is 455 g/mol. The molecule has 0 bridgehead atoms. The van der Waals surface area contributed by atoms with Crippen molar-refractivity contribution in [2.75, 3.05) is 20.3 Å². The minimum Gasteiger partial charge on any atom is -0.464 e. The highest BCUT2D eigenvalue weighted by molar-refractivity contribution is 5.81. The summed E-state index contributed by atoms with van der Waals surface area (Å²) in [5, 5.41) is 0. The summed E-state index contributed by atoms with van der Waals surface area (Å²) in [5.41, 5.74) is 0. The third-order valence-corrected chi connectivity index (χ3v) is 5.94. The van der Waals surface area contributed by atoms with Crippen LogP contribution in [0, 0.1) is 5.92 Å². The van der Waals surface area contributed by atoms with Crippen LogP contribution in [0.3, 0.4) is 0 Å². The normalized spacial score (nSPS) is 12.1. The summed E-state index contributed by atoms with van der Waals surface area (Å²) in [4.78, 5) is 26.4. The lowest BCUT2D eigenvalue weighted by molar-refractivity contribution is -0.149. The second-order valence-electron chi connectivity index (χ2n) is 9.63. The Labute approximate surface area is 199 Å². The molecule has 0 aromatic heterocycles. The van der Waals surface area contributed by atoms with Crippen LogP contribution in [0.5, 0.6) is 0 Å². The van der Waals surface area contributed by atoms with E-state index in [2.05, 4.69) is 13.8 Å². The molecule has 0 N–H and O–H groups in total. The molecule has 5 heteroatoms. The van der Waals surface area contributed by atoms with Crippen molar-refractivity contribution in [1.29, 1.82) is 0 Å². The zero-order valence-electron chi connectivity index (χ0n) is 22.0. The standard InChI is InChI=1S/C27H53NO4/c1-6-8-10-12-13-14-15-16-17-18-20-21-31-26(29)25(23-24(3)4)28(5)27(30)32-22-19-11-9-7-2/h24-25H,6-23H2,1-5H3/t25-/m0/s1. The molecule has 0 fully saturated rings. The molecule has 0 aliphatic heterocycles. The highest BCUT2D eigenvalue weighted by atomic mass is 16.6. The number of amides is 1. The first-order valence-electron chi connectivity index (χ1n) is 13.5. The van der Waals surface area contributed by atoms with Gasteiger partial charge in [0.1, 0.15) is 6.04 Å². The van der Waals surface area contributed by atoms with Gasteiger partial charge in [-0.3, -0.25) is 4.90 Å². The summed E-state index contributed by atoms with van der Waals surface area (Å²) in [6, 6.07) is -0.578. The van der Waals surface area contributed by atoms with Crippen molar-refractivity contribution in [1.82, 2.24) is 4.90 Å². The molecule has 0 rings (SSSR count). The highest BCUT2D eigenvalue weighted by Gasteiger charge is 2.29. The third kappa shape index (κ3) is 17.3. The van der Waals surface area contributed by atoms with Gasteiger partial charge in [-0.2, -0.15) is 0 Å². The second kappa shape index (κ2) is 21.6. The van der Waals surface area contributed by atoms with Gasteiger partial charge >= 0.3 is 12.1 Å². The molecule has 190 valence electrons. The van der Waals surface area contributed by atoms with E-state index in [9.17, 15) is 9.59 Å². The minimum atomic E-state index is -0.578. The molecule has 0 aliphatic rings. The Morgan fingerprint density at radius 3 is 1.53 bits per heavy atom. The van der Waals surface area contributed by atoms with Gasteiger partial charge in [-0.05, 0) is 25.2 Å². The first kappa shape index (κ1) is 30.7. The molecule has 32 heavy (non-hydrogen) atoms. The number of ether oxygens (including phenoxy) is 2. The van der Waals surface area contributed by atoms with Crippen molar-refractivity contribution in [3.8, 4) is 0 Å². The van der Waals surface area contributed by atoms with Crippen molar-refractivity contribution in [2.24, 2.45) is 5.92 Å². The summed E-state index contributed by atoms with van der Waals surface area (Å²) >= 11 is 0. The van der Waals surface area contributed by atoms with E-state index in [1.165, 1.54) is 62.7 Å². The maximum atomic E-state index is 12.7. The van der Waals surface area contributed by atoms with E-state index in [1.807, 2.05) is 13.8 Å². The fourth-order valence-corrected chi connectivity index (χ4v) is 3.81. The summed E-state index contributed by atoms with van der Waals surface area (Å²) < 4.78 is 10.9. The summed E-state index contributed by atoms with van der Waals surface area (Å²) in [7, 11) is 1.64. The summed E-state index contributed by atoms with van der Waals surface area (Å²) in [6.45, 7) is 9.35. The summed E-state index contributed by atoms with van der Waals surface area (Å²) in [5.74, 6) is -0.0226. The number of carbonyl (C=O) groups is 2. The van der Waals surface area contributed by atoms with Crippen LogP contribution in [-0.2, 0) is 14.3 Å². The van der Waals surface area contributed by atoms with Gasteiger partial charge in [0.2, 0.25) is 0 Å². The number of nitrogens with zero attached hydrogens (tertiary/aromatic N) is 1. The molecule has 0 aromatic carbocycles. The molecule has 1 atom stereocenters. The quantitative estimate of drug-likeness (QED) is 0.130. The third-order valence-electron chi connectivity index (χ3n) is 5.94. The molecule has 0 radical (unpaired) electrons. The molecular formula is C27H53NO4. The zero-order chi connectivity index (χ0) is 24.0. The van der Waals surface area contributed by atoms with Crippen LogP contribution in [0.4, 0.5) is 4.79 Å². The van der Waals surface area contributed by atoms with E-state index >= 15 is 0 Å². The maximum Gasteiger partial charge on any atom is 0.410 e. The van der Waals surface area contributed by atoms with E-state index in [-0.39, 0.29) is 11.9 Å². The first-order valence-corrected chi connectivity index (χ1v) is 13.5. The zero-order valence-corrected chi connectivity index (χ0v) is 22.0. The van der Waals surface area contributed by atoms with Crippen molar-refractivity contribution in [2.45, 2.75) is 136 Å². The molecular weight excluding hydrogens is 402 g/mol. The molecule has 0 saturated carbocycles.